The summed E-state index contributed by atoms with van der Waals surface area (Å²) in [6.07, 6.45) is 0. The molecule has 0 amide bonds. The van der Waals surface area contributed by atoms with E-state index in [2.05, 4.69) is 15.9 Å². The maximum absolute atomic E-state index is 5.95. The molecule has 0 fully saturated rings. The van der Waals surface area contributed by atoms with Crippen LogP contribution in [0.1, 0.15) is 5.56 Å². The molecule has 2 aromatic rings. The van der Waals surface area contributed by atoms with E-state index in [0.717, 1.165) is 10.0 Å². The van der Waals surface area contributed by atoms with Gasteiger partial charge in [-0.3, -0.25) is 0 Å². The Morgan fingerprint density at radius 3 is 2.30 bits per heavy atom. The SMILES string of the molecule is COc1cc(N)c(OCc2ccccc2Br)cc1OC. The third-order valence-corrected chi connectivity index (χ3v) is 3.63. The number of rotatable bonds is 5. The second-order valence-electron chi connectivity index (χ2n) is 4.13. The molecule has 20 heavy (non-hydrogen) atoms. The van der Waals surface area contributed by atoms with Gasteiger partial charge in [-0.15, -0.1) is 0 Å². The minimum absolute atomic E-state index is 0.418. The first kappa shape index (κ1) is 14.5. The normalized spacial score (nSPS) is 10.2. The van der Waals surface area contributed by atoms with E-state index < -0.39 is 0 Å². The number of benzene rings is 2. The molecule has 0 bridgehead atoms. The summed E-state index contributed by atoms with van der Waals surface area (Å²) in [5, 5.41) is 0. The number of nitrogens with two attached hydrogens (primary N) is 1. The van der Waals surface area contributed by atoms with Gasteiger partial charge in [-0.1, -0.05) is 34.1 Å². The highest BCUT2D eigenvalue weighted by Gasteiger charge is 2.10. The molecule has 0 heterocycles. The molecular weight excluding hydrogens is 322 g/mol. The second kappa shape index (κ2) is 6.52. The summed E-state index contributed by atoms with van der Waals surface area (Å²) in [4.78, 5) is 0. The lowest BCUT2D eigenvalue weighted by molar-refractivity contribution is 0.301. The topological polar surface area (TPSA) is 53.7 Å². The van der Waals surface area contributed by atoms with Gasteiger partial charge >= 0.3 is 0 Å². The van der Waals surface area contributed by atoms with Crippen LogP contribution in [0.5, 0.6) is 17.2 Å². The van der Waals surface area contributed by atoms with E-state index in [1.807, 2.05) is 24.3 Å². The fraction of sp³-hybridized carbons (Fsp3) is 0.200. The van der Waals surface area contributed by atoms with Gasteiger partial charge < -0.3 is 19.9 Å². The molecule has 0 saturated heterocycles. The first-order chi connectivity index (χ1) is 9.65. The quantitative estimate of drug-likeness (QED) is 0.846. The molecule has 0 saturated carbocycles. The predicted molar refractivity (Wildman–Crippen MR) is 82.4 cm³/mol. The highest BCUT2D eigenvalue weighted by Crippen LogP contribution is 2.36. The average Bonchev–Trinajstić information content (AvgIpc) is 2.47. The summed E-state index contributed by atoms with van der Waals surface area (Å²) in [5.41, 5.74) is 7.50. The summed E-state index contributed by atoms with van der Waals surface area (Å²) < 4.78 is 17.2. The molecule has 2 rings (SSSR count). The third kappa shape index (κ3) is 3.17. The highest BCUT2D eigenvalue weighted by molar-refractivity contribution is 9.10. The van der Waals surface area contributed by atoms with E-state index in [4.69, 9.17) is 19.9 Å². The maximum atomic E-state index is 5.95. The van der Waals surface area contributed by atoms with Crippen molar-refractivity contribution in [2.24, 2.45) is 0 Å². The predicted octanol–water partition coefficient (Wildman–Crippen LogP) is 3.63. The van der Waals surface area contributed by atoms with Gasteiger partial charge in [0.2, 0.25) is 0 Å². The van der Waals surface area contributed by atoms with E-state index in [0.29, 0.717) is 29.5 Å². The van der Waals surface area contributed by atoms with E-state index in [-0.39, 0.29) is 0 Å². The zero-order valence-corrected chi connectivity index (χ0v) is 12.9. The zero-order valence-electron chi connectivity index (χ0n) is 11.4. The van der Waals surface area contributed by atoms with Crippen molar-refractivity contribution < 1.29 is 14.2 Å². The van der Waals surface area contributed by atoms with Gasteiger partial charge in [-0.25, -0.2) is 0 Å². The molecule has 0 aromatic heterocycles. The van der Waals surface area contributed by atoms with E-state index in [1.54, 1.807) is 26.4 Å². The first-order valence-electron chi connectivity index (χ1n) is 6.03. The van der Waals surface area contributed by atoms with Crippen molar-refractivity contribution in [3.63, 3.8) is 0 Å². The Kier molecular flexibility index (Phi) is 4.74. The molecule has 0 aliphatic carbocycles. The number of anilines is 1. The minimum Gasteiger partial charge on any atom is -0.493 e. The number of methoxy groups -OCH3 is 2. The van der Waals surface area contributed by atoms with Crippen molar-refractivity contribution in [2.45, 2.75) is 6.61 Å². The second-order valence-corrected chi connectivity index (χ2v) is 4.98. The van der Waals surface area contributed by atoms with Crippen LogP contribution in [0.15, 0.2) is 40.9 Å². The van der Waals surface area contributed by atoms with E-state index in [1.165, 1.54) is 0 Å². The number of hydrogen-bond donors (Lipinski definition) is 1. The van der Waals surface area contributed by atoms with Crippen molar-refractivity contribution in [2.75, 3.05) is 20.0 Å². The molecular formula is C15H16BrNO3. The summed E-state index contributed by atoms with van der Waals surface area (Å²) in [5.74, 6) is 1.74. The average molecular weight is 338 g/mol. The number of nitrogen functional groups attached to an aromatic ring is 1. The summed E-state index contributed by atoms with van der Waals surface area (Å²) in [7, 11) is 3.14. The van der Waals surface area contributed by atoms with E-state index >= 15 is 0 Å². The van der Waals surface area contributed by atoms with Crippen molar-refractivity contribution >= 4 is 21.6 Å². The smallest absolute Gasteiger partial charge is 0.164 e. The van der Waals surface area contributed by atoms with Gasteiger partial charge in [0, 0.05) is 22.2 Å². The molecule has 0 aliphatic rings. The summed E-state index contributed by atoms with van der Waals surface area (Å²) >= 11 is 3.48. The van der Waals surface area contributed by atoms with Crippen molar-refractivity contribution in [3.05, 3.63) is 46.4 Å². The Bertz CT molecular complexity index is 602. The fourth-order valence-electron chi connectivity index (χ4n) is 1.77. The molecule has 5 heteroatoms. The molecule has 2 N–H and O–H groups in total. The lowest BCUT2D eigenvalue weighted by atomic mass is 10.2. The van der Waals surface area contributed by atoms with Crippen LogP contribution in [-0.4, -0.2) is 14.2 Å². The van der Waals surface area contributed by atoms with Crippen LogP contribution in [-0.2, 0) is 6.61 Å². The Morgan fingerprint density at radius 2 is 1.65 bits per heavy atom. The van der Waals surface area contributed by atoms with Crippen LogP contribution < -0.4 is 19.9 Å². The molecule has 0 unspecified atom stereocenters. The van der Waals surface area contributed by atoms with Gasteiger partial charge in [0.25, 0.3) is 0 Å². The molecule has 4 nitrogen and oxygen atoms in total. The fourth-order valence-corrected chi connectivity index (χ4v) is 2.17. The summed E-state index contributed by atoms with van der Waals surface area (Å²) in [6, 6.07) is 11.3. The highest BCUT2D eigenvalue weighted by atomic mass is 79.9. The first-order valence-corrected chi connectivity index (χ1v) is 6.82. The van der Waals surface area contributed by atoms with Crippen LogP contribution >= 0.6 is 15.9 Å². The van der Waals surface area contributed by atoms with Crippen LogP contribution in [0, 0.1) is 0 Å². The number of hydrogen-bond acceptors (Lipinski definition) is 4. The number of ether oxygens (including phenoxy) is 3. The largest absolute Gasteiger partial charge is 0.493 e. The number of halogens is 1. The van der Waals surface area contributed by atoms with Crippen LogP contribution in [0.3, 0.4) is 0 Å². The Morgan fingerprint density at radius 1 is 1.00 bits per heavy atom. The molecule has 0 spiro atoms. The molecule has 0 atom stereocenters. The Hall–Kier alpha value is -1.88. The lowest BCUT2D eigenvalue weighted by Crippen LogP contribution is -2.01. The van der Waals surface area contributed by atoms with Crippen molar-refractivity contribution in [1.29, 1.82) is 0 Å². The molecule has 2 aromatic carbocycles. The maximum Gasteiger partial charge on any atom is 0.164 e. The van der Waals surface area contributed by atoms with Gasteiger partial charge in [0.1, 0.15) is 12.4 Å². The lowest BCUT2D eigenvalue weighted by Gasteiger charge is -2.14. The minimum atomic E-state index is 0.418. The van der Waals surface area contributed by atoms with Crippen LogP contribution in [0.25, 0.3) is 0 Å². The van der Waals surface area contributed by atoms with Crippen LogP contribution in [0.2, 0.25) is 0 Å². The molecule has 0 radical (unpaired) electrons. The Labute approximate surface area is 126 Å². The Balaban J connectivity index is 2.19. The van der Waals surface area contributed by atoms with Crippen LogP contribution in [0.4, 0.5) is 5.69 Å². The standard InChI is InChI=1S/C15H16BrNO3/c1-18-14-7-12(17)13(8-15(14)19-2)20-9-10-5-3-4-6-11(10)16/h3-8H,9,17H2,1-2H3. The molecule has 106 valence electrons. The van der Waals surface area contributed by atoms with E-state index in [9.17, 15) is 0 Å². The van der Waals surface area contributed by atoms with Gasteiger partial charge in [-0.2, -0.15) is 0 Å². The van der Waals surface area contributed by atoms with Gasteiger partial charge in [-0.05, 0) is 6.07 Å². The van der Waals surface area contributed by atoms with Crippen molar-refractivity contribution in [1.82, 2.24) is 0 Å². The monoisotopic (exact) mass is 337 g/mol. The molecule has 0 aliphatic heterocycles. The summed E-state index contributed by atoms with van der Waals surface area (Å²) in [6.45, 7) is 0.418. The zero-order chi connectivity index (χ0) is 14.5. The van der Waals surface area contributed by atoms with Crippen molar-refractivity contribution in [3.8, 4) is 17.2 Å². The van der Waals surface area contributed by atoms with Gasteiger partial charge in [0.15, 0.2) is 11.5 Å². The van der Waals surface area contributed by atoms with Gasteiger partial charge in [0.05, 0.1) is 19.9 Å². The third-order valence-electron chi connectivity index (χ3n) is 2.86.